The summed E-state index contributed by atoms with van der Waals surface area (Å²) >= 11 is 0. The Morgan fingerprint density at radius 2 is 2.27 bits per heavy atom. The molecule has 0 saturated carbocycles. The first kappa shape index (κ1) is 12.9. The number of rotatable bonds is 5. The summed E-state index contributed by atoms with van der Waals surface area (Å²) in [4.78, 5) is 2.50. The van der Waals surface area contributed by atoms with E-state index in [1.807, 2.05) is 0 Å². The normalized spacial score (nSPS) is 27.6. The van der Waals surface area contributed by atoms with E-state index in [4.69, 9.17) is 10.5 Å². The van der Waals surface area contributed by atoms with Gasteiger partial charge >= 0.3 is 0 Å². The Hall–Kier alpha value is -0.120. The van der Waals surface area contributed by atoms with Crippen molar-refractivity contribution in [3.8, 4) is 0 Å². The zero-order chi connectivity index (χ0) is 11.3. The molecule has 1 rings (SSSR count). The molecule has 90 valence electrons. The van der Waals surface area contributed by atoms with Crippen LogP contribution in [0.15, 0.2) is 0 Å². The van der Waals surface area contributed by atoms with E-state index in [1.54, 1.807) is 0 Å². The molecule has 1 aliphatic heterocycles. The van der Waals surface area contributed by atoms with E-state index in [0.29, 0.717) is 6.10 Å². The van der Waals surface area contributed by atoms with Crippen LogP contribution in [0, 0.1) is 5.41 Å². The predicted octanol–water partition coefficient (Wildman–Crippen LogP) is 1.47. The molecule has 0 amide bonds. The zero-order valence-corrected chi connectivity index (χ0v) is 10.5. The fraction of sp³-hybridized carbons (Fsp3) is 1.00. The average molecular weight is 214 g/mol. The third-order valence-corrected chi connectivity index (χ3v) is 3.28. The average Bonchev–Trinajstić information content (AvgIpc) is 2.18. The first-order valence-electron chi connectivity index (χ1n) is 6.13. The summed E-state index contributed by atoms with van der Waals surface area (Å²) < 4.78 is 5.54. The number of ether oxygens (including phenoxy) is 1. The smallest absolute Gasteiger partial charge is 0.0674 e. The zero-order valence-electron chi connectivity index (χ0n) is 10.5. The van der Waals surface area contributed by atoms with E-state index < -0.39 is 0 Å². The molecule has 2 unspecified atom stereocenters. The van der Waals surface area contributed by atoms with Crippen LogP contribution in [-0.2, 0) is 4.74 Å². The van der Waals surface area contributed by atoms with Crippen molar-refractivity contribution in [2.45, 2.75) is 39.7 Å². The minimum absolute atomic E-state index is 0.284. The lowest BCUT2D eigenvalue weighted by atomic mass is 9.85. The van der Waals surface area contributed by atoms with E-state index in [9.17, 15) is 0 Å². The predicted molar refractivity (Wildman–Crippen MR) is 63.9 cm³/mol. The van der Waals surface area contributed by atoms with Gasteiger partial charge in [-0.15, -0.1) is 0 Å². The van der Waals surface area contributed by atoms with Gasteiger partial charge in [0.2, 0.25) is 0 Å². The third kappa shape index (κ3) is 4.09. The standard InChI is InChI=1S/C12H26N2O/c1-4-5-12(3,9-13)10-14-6-7-15-11(2)8-14/h11H,4-10,13H2,1-3H3. The molecule has 0 aromatic carbocycles. The fourth-order valence-electron chi connectivity index (χ4n) is 2.42. The highest BCUT2D eigenvalue weighted by Crippen LogP contribution is 2.24. The fourth-order valence-corrected chi connectivity index (χ4v) is 2.42. The second-order valence-corrected chi connectivity index (χ2v) is 5.18. The van der Waals surface area contributed by atoms with Gasteiger partial charge in [-0.3, -0.25) is 4.90 Å². The molecule has 1 fully saturated rings. The number of hydrogen-bond acceptors (Lipinski definition) is 3. The second-order valence-electron chi connectivity index (χ2n) is 5.18. The summed E-state index contributed by atoms with van der Waals surface area (Å²) in [5, 5.41) is 0. The summed E-state index contributed by atoms with van der Waals surface area (Å²) in [6.07, 6.45) is 2.81. The maximum absolute atomic E-state index is 5.89. The summed E-state index contributed by atoms with van der Waals surface area (Å²) in [5.74, 6) is 0. The molecule has 1 heterocycles. The van der Waals surface area contributed by atoms with E-state index in [0.717, 1.165) is 32.8 Å². The Bertz CT molecular complexity index is 186. The van der Waals surface area contributed by atoms with Crippen molar-refractivity contribution in [1.82, 2.24) is 4.90 Å². The molecule has 0 aromatic rings. The van der Waals surface area contributed by atoms with Gasteiger partial charge in [-0.05, 0) is 25.3 Å². The molecule has 2 N–H and O–H groups in total. The topological polar surface area (TPSA) is 38.5 Å². The molecule has 3 heteroatoms. The van der Waals surface area contributed by atoms with Gasteiger partial charge in [0.15, 0.2) is 0 Å². The van der Waals surface area contributed by atoms with E-state index in [2.05, 4.69) is 25.7 Å². The van der Waals surface area contributed by atoms with Gasteiger partial charge in [-0.2, -0.15) is 0 Å². The molecule has 0 aliphatic carbocycles. The van der Waals surface area contributed by atoms with Gasteiger partial charge in [0, 0.05) is 19.6 Å². The van der Waals surface area contributed by atoms with Gasteiger partial charge in [-0.25, -0.2) is 0 Å². The minimum atomic E-state index is 0.284. The van der Waals surface area contributed by atoms with Crippen LogP contribution in [-0.4, -0.2) is 43.8 Å². The molecule has 0 spiro atoms. The molecule has 3 nitrogen and oxygen atoms in total. The Kier molecular flexibility index (Phi) is 5.03. The van der Waals surface area contributed by atoms with Crippen LogP contribution in [0.5, 0.6) is 0 Å². The van der Waals surface area contributed by atoms with Crippen molar-refractivity contribution in [2.24, 2.45) is 11.1 Å². The molecule has 1 saturated heterocycles. The maximum atomic E-state index is 5.89. The number of hydrogen-bond donors (Lipinski definition) is 1. The monoisotopic (exact) mass is 214 g/mol. The number of morpholine rings is 1. The lowest BCUT2D eigenvalue weighted by Crippen LogP contribution is -2.47. The van der Waals surface area contributed by atoms with Crippen molar-refractivity contribution in [1.29, 1.82) is 0 Å². The second kappa shape index (κ2) is 5.83. The van der Waals surface area contributed by atoms with E-state index in [-0.39, 0.29) is 5.41 Å². The molecule has 15 heavy (non-hydrogen) atoms. The number of nitrogens with zero attached hydrogens (tertiary/aromatic N) is 1. The summed E-state index contributed by atoms with van der Waals surface area (Å²) in [6, 6.07) is 0. The Morgan fingerprint density at radius 1 is 1.53 bits per heavy atom. The molecule has 2 atom stereocenters. The Labute approximate surface area is 94.0 Å². The lowest BCUT2D eigenvalue weighted by Gasteiger charge is -2.38. The van der Waals surface area contributed by atoms with Gasteiger partial charge in [0.05, 0.1) is 12.7 Å². The van der Waals surface area contributed by atoms with Gasteiger partial charge in [0.1, 0.15) is 0 Å². The minimum Gasteiger partial charge on any atom is -0.376 e. The first-order chi connectivity index (χ1) is 7.09. The molecular formula is C12H26N2O. The Balaban J connectivity index is 2.43. The summed E-state index contributed by atoms with van der Waals surface area (Å²) in [6.45, 7) is 11.6. The van der Waals surface area contributed by atoms with Crippen molar-refractivity contribution < 1.29 is 4.74 Å². The molecule has 1 aliphatic rings. The van der Waals surface area contributed by atoms with Crippen LogP contribution in [0.1, 0.15) is 33.6 Å². The van der Waals surface area contributed by atoms with Gasteiger partial charge in [0.25, 0.3) is 0 Å². The number of nitrogens with two attached hydrogens (primary N) is 1. The molecule has 0 radical (unpaired) electrons. The van der Waals surface area contributed by atoms with Crippen LogP contribution in [0.25, 0.3) is 0 Å². The Morgan fingerprint density at radius 3 is 2.80 bits per heavy atom. The van der Waals surface area contributed by atoms with Crippen molar-refractivity contribution in [3.05, 3.63) is 0 Å². The third-order valence-electron chi connectivity index (χ3n) is 3.28. The quantitative estimate of drug-likeness (QED) is 0.753. The van der Waals surface area contributed by atoms with Crippen LogP contribution >= 0.6 is 0 Å². The lowest BCUT2D eigenvalue weighted by molar-refractivity contribution is -0.0308. The van der Waals surface area contributed by atoms with Crippen LogP contribution < -0.4 is 5.73 Å². The van der Waals surface area contributed by atoms with Crippen LogP contribution in [0.2, 0.25) is 0 Å². The summed E-state index contributed by atoms with van der Waals surface area (Å²) in [5.41, 5.74) is 6.17. The molecule has 0 bridgehead atoms. The highest BCUT2D eigenvalue weighted by atomic mass is 16.5. The van der Waals surface area contributed by atoms with Crippen molar-refractivity contribution >= 4 is 0 Å². The first-order valence-corrected chi connectivity index (χ1v) is 6.13. The highest BCUT2D eigenvalue weighted by molar-refractivity contribution is 4.81. The summed E-state index contributed by atoms with van der Waals surface area (Å²) in [7, 11) is 0. The molecular weight excluding hydrogens is 188 g/mol. The van der Waals surface area contributed by atoms with Crippen molar-refractivity contribution in [3.63, 3.8) is 0 Å². The van der Waals surface area contributed by atoms with Crippen LogP contribution in [0.3, 0.4) is 0 Å². The van der Waals surface area contributed by atoms with Crippen molar-refractivity contribution in [2.75, 3.05) is 32.8 Å². The molecule has 0 aromatic heterocycles. The van der Waals surface area contributed by atoms with E-state index in [1.165, 1.54) is 12.8 Å². The largest absolute Gasteiger partial charge is 0.376 e. The van der Waals surface area contributed by atoms with Gasteiger partial charge < -0.3 is 10.5 Å². The van der Waals surface area contributed by atoms with Gasteiger partial charge in [-0.1, -0.05) is 20.3 Å². The SMILES string of the molecule is CCCC(C)(CN)CN1CCOC(C)C1. The highest BCUT2D eigenvalue weighted by Gasteiger charge is 2.27. The maximum Gasteiger partial charge on any atom is 0.0674 e. The van der Waals surface area contributed by atoms with E-state index >= 15 is 0 Å². The van der Waals surface area contributed by atoms with Crippen LogP contribution in [0.4, 0.5) is 0 Å².